The molecular weight excluding hydrogens is 190 g/mol. The highest BCUT2D eigenvalue weighted by Crippen LogP contribution is 2.22. The molecule has 1 N–H and O–H groups in total. The van der Waals surface area contributed by atoms with Gasteiger partial charge in [0.1, 0.15) is 0 Å². The van der Waals surface area contributed by atoms with Gasteiger partial charge in [0.05, 0.1) is 18.8 Å². The van der Waals surface area contributed by atoms with E-state index in [-0.39, 0.29) is 6.10 Å². The summed E-state index contributed by atoms with van der Waals surface area (Å²) in [7, 11) is 1.72. The van der Waals surface area contributed by atoms with E-state index in [0.717, 1.165) is 6.54 Å². The number of hydrogen-bond acceptors (Lipinski definition) is 3. The Morgan fingerprint density at radius 1 is 1.33 bits per heavy atom. The molecule has 90 valence electrons. The van der Waals surface area contributed by atoms with Crippen LogP contribution in [0, 0.1) is 0 Å². The average Bonchev–Trinajstić information content (AvgIpc) is 2.21. The second kappa shape index (κ2) is 7.20. The molecule has 0 aromatic carbocycles. The Labute approximate surface area is 93.5 Å². The number of nitrogens with one attached hydrogen (secondary N) is 1. The predicted octanol–water partition coefficient (Wildman–Crippen LogP) is 1.96. The lowest BCUT2D eigenvalue weighted by atomic mass is 9.92. The number of hydrogen-bond donors (Lipinski definition) is 1. The summed E-state index contributed by atoms with van der Waals surface area (Å²) < 4.78 is 11.1. The molecule has 1 aliphatic rings. The van der Waals surface area contributed by atoms with Crippen molar-refractivity contribution in [1.82, 2.24) is 5.32 Å². The van der Waals surface area contributed by atoms with Gasteiger partial charge in [-0.15, -0.1) is 0 Å². The number of ether oxygens (including phenoxy) is 2. The summed E-state index contributed by atoms with van der Waals surface area (Å²) in [4.78, 5) is 0. The second-order valence-electron chi connectivity index (χ2n) is 4.39. The molecule has 3 heteroatoms. The fourth-order valence-corrected chi connectivity index (χ4v) is 2.33. The van der Waals surface area contributed by atoms with Crippen molar-refractivity contribution < 1.29 is 9.47 Å². The zero-order valence-corrected chi connectivity index (χ0v) is 10.3. The monoisotopic (exact) mass is 215 g/mol. The van der Waals surface area contributed by atoms with Gasteiger partial charge in [0.15, 0.2) is 0 Å². The Kier molecular flexibility index (Phi) is 6.22. The van der Waals surface area contributed by atoms with Gasteiger partial charge in [-0.25, -0.2) is 0 Å². The van der Waals surface area contributed by atoms with Gasteiger partial charge in [-0.1, -0.05) is 19.8 Å². The van der Waals surface area contributed by atoms with Gasteiger partial charge in [0.25, 0.3) is 0 Å². The van der Waals surface area contributed by atoms with Crippen LogP contribution in [0.5, 0.6) is 0 Å². The fraction of sp³-hybridized carbons (Fsp3) is 1.00. The third-order valence-corrected chi connectivity index (χ3v) is 2.98. The Hall–Kier alpha value is -0.120. The summed E-state index contributed by atoms with van der Waals surface area (Å²) in [6.45, 7) is 5.96. The van der Waals surface area contributed by atoms with Crippen LogP contribution in [0.4, 0.5) is 0 Å². The highest BCUT2D eigenvalue weighted by molar-refractivity contribution is 4.82. The van der Waals surface area contributed by atoms with E-state index in [0.29, 0.717) is 18.8 Å². The largest absolute Gasteiger partial charge is 0.382 e. The Bertz CT molecular complexity index is 162. The third-order valence-electron chi connectivity index (χ3n) is 2.98. The van der Waals surface area contributed by atoms with Crippen molar-refractivity contribution in [3.63, 3.8) is 0 Å². The molecule has 0 aliphatic heterocycles. The maximum absolute atomic E-state index is 6.01. The fourth-order valence-electron chi connectivity index (χ4n) is 2.33. The minimum atomic E-state index is 0.208. The highest BCUT2D eigenvalue weighted by Gasteiger charge is 2.26. The van der Waals surface area contributed by atoms with E-state index in [9.17, 15) is 0 Å². The summed E-state index contributed by atoms with van der Waals surface area (Å²) >= 11 is 0. The number of methoxy groups -OCH3 is 1. The van der Waals surface area contributed by atoms with Crippen LogP contribution in [0.2, 0.25) is 0 Å². The summed E-state index contributed by atoms with van der Waals surface area (Å²) in [6, 6.07) is 0.544. The summed E-state index contributed by atoms with van der Waals surface area (Å²) in [6.07, 6.45) is 5.65. The van der Waals surface area contributed by atoms with E-state index in [1.165, 1.54) is 25.7 Å². The summed E-state index contributed by atoms with van der Waals surface area (Å²) in [5.41, 5.74) is 0. The highest BCUT2D eigenvalue weighted by atomic mass is 16.5. The molecule has 3 nitrogen and oxygen atoms in total. The lowest BCUT2D eigenvalue weighted by Crippen LogP contribution is -2.45. The van der Waals surface area contributed by atoms with Crippen LogP contribution in [0.1, 0.15) is 39.5 Å². The van der Waals surface area contributed by atoms with Crippen LogP contribution >= 0.6 is 0 Å². The molecule has 0 heterocycles. The van der Waals surface area contributed by atoms with E-state index in [1.54, 1.807) is 7.11 Å². The van der Waals surface area contributed by atoms with Gasteiger partial charge in [0, 0.05) is 13.2 Å². The standard InChI is InChI=1S/C12H25NO2/c1-4-13-11-7-5-6-8-12(11)15-10(2)9-14-3/h10-13H,4-9H2,1-3H3. The van der Waals surface area contributed by atoms with Gasteiger partial charge in [0.2, 0.25) is 0 Å². The van der Waals surface area contributed by atoms with Crippen molar-refractivity contribution in [1.29, 1.82) is 0 Å². The van der Waals surface area contributed by atoms with Crippen molar-refractivity contribution in [2.45, 2.75) is 57.8 Å². The van der Waals surface area contributed by atoms with Crippen LogP contribution in [0.3, 0.4) is 0 Å². The van der Waals surface area contributed by atoms with Crippen LogP contribution in [0.25, 0.3) is 0 Å². The first-order chi connectivity index (χ1) is 7.27. The van der Waals surface area contributed by atoms with Gasteiger partial charge >= 0.3 is 0 Å². The second-order valence-corrected chi connectivity index (χ2v) is 4.39. The first-order valence-corrected chi connectivity index (χ1v) is 6.15. The van der Waals surface area contributed by atoms with E-state index < -0.39 is 0 Å². The van der Waals surface area contributed by atoms with Gasteiger partial charge in [-0.3, -0.25) is 0 Å². The van der Waals surface area contributed by atoms with E-state index in [1.807, 2.05) is 0 Å². The Morgan fingerprint density at radius 2 is 2.07 bits per heavy atom. The van der Waals surface area contributed by atoms with E-state index >= 15 is 0 Å². The van der Waals surface area contributed by atoms with E-state index in [2.05, 4.69) is 19.2 Å². The Balaban J connectivity index is 2.34. The molecule has 0 spiro atoms. The normalized spacial score (nSPS) is 29.0. The molecular formula is C12H25NO2. The molecule has 0 amide bonds. The van der Waals surface area contributed by atoms with E-state index in [4.69, 9.17) is 9.47 Å². The van der Waals surface area contributed by atoms with Gasteiger partial charge in [-0.05, 0) is 26.3 Å². The molecule has 0 aromatic rings. The van der Waals surface area contributed by atoms with Crippen LogP contribution in [0.15, 0.2) is 0 Å². The van der Waals surface area contributed by atoms with Crippen LogP contribution < -0.4 is 5.32 Å². The first-order valence-electron chi connectivity index (χ1n) is 6.15. The molecule has 0 saturated heterocycles. The van der Waals surface area contributed by atoms with Crippen molar-refractivity contribution in [2.24, 2.45) is 0 Å². The maximum Gasteiger partial charge on any atom is 0.0784 e. The molecule has 0 bridgehead atoms. The SMILES string of the molecule is CCNC1CCCCC1OC(C)COC. The lowest BCUT2D eigenvalue weighted by molar-refractivity contribution is -0.0649. The molecule has 0 aromatic heterocycles. The first kappa shape index (κ1) is 12.9. The maximum atomic E-state index is 6.01. The molecule has 1 fully saturated rings. The topological polar surface area (TPSA) is 30.5 Å². The smallest absolute Gasteiger partial charge is 0.0784 e. The molecule has 15 heavy (non-hydrogen) atoms. The zero-order chi connectivity index (χ0) is 11.1. The van der Waals surface area contributed by atoms with Crippen molar-refractivity contribution in [3.8, 4) is 0 Å². The minimum Gasteiger partial charge on any atom is -0.382 e. The van der Waals surface area contributed by atoms with Gasteiger partial charge in [-0.2, -0.15) is 0 Å². The molecule has 1 saturated carbocycles. The van der Waals surface area contributed by atoms with Crippen molar-refractivity contribution in [3.05, 3.63) is 0 Å². The molecule has 1 aliphatic carbocycles. The zero-order valence-electron chi connectivity index (χ0n) is 10.3. The predicted molar refractivity (Wildman–Crippen MR) is 62.1 cm³/mol. The van der Waals surface area contributed by atoms with Crippen LogP contribution in [-0.2, 0) is 9.47 Å². The lowest BCUT2D eigenvalue weighted by Gasteiger charge is -2.33. The average molecular weight is 215 g/mol. The Morgan fingerprint density at radius 3 is 2.73 bits per heavy atom. The minimum absolute atomic E-state index is 0.208. The molecule has 3 unspecified atom stereocenters. The van der Waals surface area contributed by atoms with Crippen molar-refractivity contribution in [2.75, 3.05) is 20.3 Å². The summed E-state index contributed by atoms with van der Waals surface area (Å²) in [5.74, 6) is 0. The third kappa shape index (κ3) is 4.49. The van der Waals surface area contributed by atoms with Gasteiger partial charge < -0.3 is 14.8 Å². The molecule has 0 radical (unpaired) electrons. The number of likely N-dealkylation sites (N-methyl/N-ethyl adjacent to an activating group) is 1. The van der Waals surface area contributed by atoms with Crippen molar-refractivity contribution >= 4 is 0 Å². The summed E-state index contributed by atoms with van der Waals surface area (Å²) in [5, 5.41) is 3.52. The van der Waals surface area contributed by atoms with Crippen LogP contribution in [-0.4, -0.2) is 38.5 Å². The number of rotatable bonds is 6. The molecule has 3 atom stereocenters. The quantitative estimate of drug-likeness (QED) is 0.734. The molecule has 1 rings (SSSR count).